The summed E-state index contributed by atoms with van der Waals surface area (Å²) in [5.74, 6) is -10.5. The Kier molecular flexibility index (Phi) is 12.7. The van der Waals surface area contributed by atoms with Crippen LogP contribution in [-0.4, -0.2) is 153 Å². The predicted molar refractivity (Wildman–Crippen MR) is 227 cm³/mol. The third kappa shape index (κ3) is 9.47. The van der Waals surface area contributed by atoms with Crippen LogP contribution in [0.25, 0.3) is 0 Å². The molecule has 29 nitrogen and oxygen atoms in total. The summed E-state index contributed by atoms with van der Waals surface area (Å²) in [7, 11) is 0. The maximum Gasteiger partial charge on any atom is 0.422 e. The number of hydrogen-bond acceptors (Lipinski definition) is 19. The number of nitrogens with one attached hydrogen (secondary N) is 4. The van der Waals surface area contributed by atoms with Crippen LogP contribution in [0.4, 0.5) is 52.7 Å². The van der Waals surface area contributed by atoms with E-state index < -0.39 is 123 Å². The van der Waals surface area contributed by atoms with E-state index in [0.717, 1.165) is 0 Å². The highest BCUT2D eigenvalue weighted by Gasteiger charge is 2.97. The van der Waals surface area contributed by atoms with Gasteiger partial charge >= 0.3 is 66.7 Å². The van der Waals surface area contributed by atoms with Gasteiger partial charge in [0.15, 0.2) is 0 Å². The van der Waals surface area contributed by atoms with Gasteiger partial charge in [0.1, 0.15) is 33.6 Å². The fourth-order valence-corrected chi connectivity index (χ4v) is 6.91. The van der Waals surface area contributed by atoms with E-state index in [9.17, 15) is 38.4 Å². The second-order valence-electron chi connectivity index (χ2n) is 21.8. The van der Waals surface area contributed by atoms with Gasteiger partial charge in [0, 0.05) is 0 Å². The highest BCUT2D eigenvalue weighted by molar-refractivity contribution is 6.17. The molecule has 0 spiro atoms. The van der Waals surface area contributed by atoms with Gasteiger partial charge in [-0.15, -0.1) is 0 Å². The van der Waals surface area contributed by atoms with Gasteiger partial charge in [0.25, 0.3) is 11.6 Å². The zero-order valence-electron chi connectivity index (χ0n) is 41.3. The minimum atomic E-state index is -3.78. The molecule has 16 amide bonds. The quantitative estimate of drug-likeness (QED) is 0.187. The van der Waals surface area contributed by atoms with Gasteiger partial charge in [-0.1, -0.05) is 0 Å². The Hall–Kier alpha value is -6.91. The predicted octanol–water partition coefficient (Wildman–Crippen LogP) is 3.95. The molecule has 29 heteroatoms. The van der Waals surface area contributed by atoms with Crippen molar-refractivity contribution >= 4 is 66.7 Å². The number of rotatable bonds is 0. The van der Waals surface area contributed by atoms with Crippen LogP contribution >= 0.6 is 0 Å². The number of carbonyl (C=O) groups excluding carboxylic acids is 11. The molecule has 5 aliphatic rings. The summed E-state index contributed by atoms with van der Waals surface area (Å²) in [6, 6.07) is -6.66. The average Bonchev–Trinajstić information content (AvgIpc) is 3.62. The molecule has 5 rings (SSSR count). The average molecular weight is 971 g/mol. The van der Waals surface area contributed by atoms with Crippen molar-refractivity contribution in [3.63, 3.8) is 0 Å². The first-order chi connectivity index (χ1) is 30.2. The Bertz CT molecular complexity index is 1860. The fourth-order valence-electron chi connectivity index (χ4n) is 6.91. The van der Waals surface area contributed by atoms with Crippen LogP contribution < -0.4 is 32.7 Å². The van der Waals surface area contributed by atoms with Crippen molar-refractivity contribution in [1.29, 1.82) is 0 Å². The van der Waals surface area contributed by atoms with E-state index in [1.807, 2.05) is 0 Å². The van der Waals surface area contributed by atoms with Crippen molar-refractivity contribution < 1.29 is 81.2 Å². The number of imide groups is 6. The lowest BCUT2D eigenvalue weighted by Gasteiger charge is -2.44. The SMILES string of the molecule is CC(C)(C)OC(=O)N1C(=O)N(C(=O)OC(C)(C)C)C23N(C(=O)OC(C)(C)C)C(=O)N(C(=O)OC(C)(C)C)C12N(C(=O)OC(C)(C)C)C(=O)N3C(=O)OC(C)(C)C.NC12NC(=O)NC1(N)NC(=O)N2. The second kappa shape index (κ2) is 16.1. The van der Waals surface area contributed by atoms with Crippen molar-refractivity contribution in [3.05, 3.63) is 0 Å². The first-order valence-corrected chi connectivity index (χ1v) is 20.8. The van der Waals surface area contributed by atoms with Crippen LogP contribution in [0.2, 0.25) is 0 Å². The van der Waals surface area contributed by atoms with Crippen molar-refractivity contribution in [2.45, 2.75) is 181 Å². The van der Waals surface area contributed by atoms with E-state index in [2.05, 4.69) is 21.3 Å². The van der Waals surface area contributed by atoms with Crippen LogP contribution in [0.15, 0.2) is 0 Å². The summed E-state index contributed by atoms with van der Waals surface area (Å²) in [5, 5.41) is 9.09. The molecule has 0 bridgehead atoms. The van der Waals surface area contributed by atoms with E-state index in [1.165, 1.54) is 125 Å². The van der Waals surface area contributed by atoms with Crippen LogP contribution in [0.5, 0.6) is 0 Å². The monoisotopic (exact) mass is 970 g/mol. The minimum absolute atomic E-state index is 0.111. The maximum atomic E-state index is 15.1. The Labute approximate surface area is 390 Å². The fraction of sp³-hybridized carbons (Fsp3) is 0.718. The molecule has 0 atom stereocenters. The number of urea groups is 5. The lowest BCUT2D eigenvalue weighted by Crippen LogP contribution is -2.77. The Balaban J connectivity index is 0.000000719. The van der Waals surface area contributed by atoms with Crippen molar-refractivity contribution in [1.82, 2.24) is 50.7 Å². The first kappa shape index (κ1) is 53.7. The summed E-state index contributed by atoms with van der Waals surface area (Å²) < 4.78 is 33.3. The van der Waals surface area contributed by atoms with Crippen molar-refractivity contribution in [2.75, 3.05) is 0 Å². The Morgan fingerprint density at radius 1 is 0.338 bits per heavy atom. The van der Waals surface area contributed by atoms with Gasteiger partial charge < -0.3 is 28.4 Å². The van der Waals surface area contributed by atoms with Gasteiger partial charge in [-0.05, 0) is 125 Å². The molecular weight excluding hydrogens is 908 g/mol. The van der Waals surface area contributed by atoms with E-state index in [1.54, 1.807) is 0 Å². The van der Waals surface area contributed by atoms with Gasteiger partial charge in [-0.2, -0.15) is 29.4 Å². The lowest BCUT2D eigenvalue weighted by molar-refractivity contribution is -0.139. The molecule has 68 heavy (non-hydrogen) atoms. The summed E-state index contributed by atoms with van der Waals surface area (Å²) in [4.78, 5) is 154. The molecule has 0 saturated carbocycles. The van der Waals surface area contributed by atoms with Gasteiger partial charge in [0.2, 0.25) is 11.6 Å². The number of ether oxygens (including phenoxy) is 6. The Morgan fingerprint density at radius 3 is 0.588 bits per heavy atom. The normalized spacial score (nSPS) is 25.8. The smallest absolute Gasteiger partial charge is 0.422 e. The van der Waals surface area contributed by atoms with Crippen molar-refractivity contribution in [2.24, 2.45) is 11.5 Å². The van der Waals surface area contributed by atoms with Crippen LogP contribution in [0.3, 0.4) is 0 Å². The van der Waals surface area contributed by atoms with Gasteiger partial charge in [-0.25, -0.2) is 52.7 Å². The third-order valence-electron chi connectivity index (χ3n) is 8.79. The van der Waals surface area contributed by atoms with E-state index in [-0.39, 0.29) is 29.4 Å². The summed E-state index contributed by atoms with van der Waals surface area (Å²) in [5.41, 5.74) is 2.07. The number of hydrogen-bond donors (Lipinski definition) is 6. The van der Waals surface area contributed by atoms with Crippen molar-refractivity contribution in [3.8, 4) is 0 Å². The molecule has 5 heterocycles. The zero-order valence-corrected chi connectivity index (χ0v) is 41.3. The minimum Gasteiger partial charge on any atom is -0.443 e. The molecule has 0 unspecified atom stereocenters. The number of fused-ring (bicyclic) bond motifs is 1. The number of nitrogens with zero attached hydrogens (tertiary/aromatic N) is 6. The molecule has 8 N–H and O–H groups in total. The number of amides is 16. The third-order valence-corrected chi connectivity index (χ3v) is 8.79. The summed E-state index contributed by atoms with van der Waals surface area (Å²) in [6.07, 6.45) is -10.8. The molecule has 0 aromatic rings. The molecule has 380 valence electrons. The number of nitrogens with two attached hydrogens (primary N) is 2. The summed E-state index contributed by atoms with van der Waals surface area (Å²) in [6.45, 7) is 24.5. The second-order valence-corrected chi connectivity index (χ2v) is 21.8. The molecule has 5 saturated heterocycles. The topological polar surface area (TPSA) is 363 Å². The largest absolute Gasteiger partial charge is 0.443 e. The van der Waals surface area contributed by atoms with E-state index in [4.69, 9.17) is 39.9 Å². The molecule has 0 radical (unpaired) electrons. The molecule has 0 aliphatic carbocycles. The highest BCUT2D eigenvalue weighted by atomic mass is 16.6. The molecular formula is C39H62N12O17. The molecule has 5 aliphatic heterocycles. The first-order valence-electron chi connectivity index (χ1n) is 20.8. The van der Waals surface area contributed by atoms with E-state index >= 15 is 14.4 Å². The summed E-state index contributed by atoms with van der Waals surface area (Å²) >= 11 is 0. The van der Waals surface area contributed by atoms with E-state index in [0.29, 0.717) is 0 Å². The zero-order chi connectivity index (χ0) is 52.9. The molecule has 0 aromatic heterocycles. The standard InChI is InChI=1S/C35H54N6O15.C4H8N6O2/c1-28(2,3)51-22(45)36-19(42)37(23(46)52-29(4,5)6)35-34(36,38(24(47)53-30(7,8)9)20(43)40(35)26(49)55-32(13,14)15)39(25(48)54-31(10,11)12)21(44)41(35)27(50)56-33(16,17)18;5-3-4(6,8-1(11)7-3)10-2(12)9-3/h1-18H3;5-6H2,(H2,7,8,11)(H2,9,10,12). The van der Waals surface area contributed by atoms with Crippen LogP contribution in [0.1, 0.15) is 125 Å². The maximum absolute atomic E-state index is 15.1. The van der Waals surface area contributed by atoms with Gasteiger partial charge in [0.05, 0.1) is 0 Å². The van der Waals surface area contributed by atoms with Crippen LogP contribution in [0, 0.1) is 0 Å². The Morgan fingerprint density at radius 2 is 0.471 bits per heavy atom. The highest BCUT2D eigenvalue weighted by Crippen LogP contribution is 2.61. The van der Waals surface area contributed by atoms with Crippen LogP contribution in [-0.2, 0) is 28.4 Å². The lowest BCUT2D eigenvalue weighted by atomic mass is 10.1. The molecule has 0 aromatic carbocycles. The molecule has 5 fully saturated rings. The number of carbonyl (C=O) groups is 11. The van der Waals surface area contributed by atoms with Gasteiger partial charge in [-0.3, -0.25) is 32.7 Å².